The quantitative estimate of drug-likeness (QED) is 0.660. The highest BCUT2D eigenvalue weighted by molar-refractivity contribution is 5.84. The van der Waals surface area contributed by atoms with Crippen molar-refractivity contribution in [3.05, 3.63) is 23.5 Å². The minimum Gasteiger partial charge on any atom is -0.507 e. The number of nitrogens with zero attached hydrogens (tertiary/aromatic N) is 2. The summed E-state index contributed by atoms with van der Waals surface area (Å²) in [5, 5.41) is 16.8. The van der Waals surface area contributed by atoms with Gasteiger partial charge >= 0.3 is 0 Å². The molecule has 6 nitrogen and oxygen atoms in total. The number of nitrogens with two attached hydrogens (primary N) is 1. The van der Waals surface area contributed by atoms with Crippen molar-refractivity contribution in [3.8, 4) is 5.75 Å². The predicted octanol–water partition coefficient (Wildman–Crippen LogP) is 0.801. The van der Waals surface area contributed by atoms with Gasteiger partial charge in [0.25, 0.3) is 0 Å². The Balaban J connectivity index is 2.33. The fourth-order valence-electron chi connectivity index (χ4n) is 1.52. The molecule has 1 aliphatic heterocycles. The molecule has 15 heavy (non-hydrogen) atoms. The van der Waals surface area contributed by atoms with Crippen molar-refractivity contribution in [3.63, 3.8) is 0 Å². The first-order valence-electron chi connectivity index (χ1n) is 4.33. The third-order valence-electron chi connectivity index (χ3n) is 2.32. The van der Waals surface area contributed by atoms with Gasteiger partial charge in [0.05, 0.1) is 5.70 Å². The van der Waals surface area contributed by atoms with Crippen molar-refractivity contribution >= 4 is 16.7 Å². The summed E-state index contributed by atoms with van der Waals surface area (Å²) in [6.45, 7) is 0.0790. The van der Waals surface area contributed by atoms with Crippen LogP contribution >= 0.6 is 0 Å². The number of aliphatic hydroxyl groups is 1. The lowest BCUT2D eigenvalue weighted by molar-refractivity contribution is 0.264. The van der Waals surface area contributed by atoms with Gasteiger partial charge < -0.3 is 15.6 Å². The Kier molecular flexibility index (Phi) is 1.42. The van der Waals surface area contributed by atoms with Gasteiger partial charge in [-0.05, 0) is 16.4 Å². The second-order valence-corrected chi connectivity index (χ2v) is 3.25. The number of benzene rings is 1. The first kappa shape index (κ1) is 8.10. The highest BCUT2D eigenvalue weighted by atomic mass is 16.6. The molecule has 0 spiro atoms. The molecule has 6 heteroatoms. The van der Waals surface area contributed by atoms with E-state index < -0.39 is 0 Å². The van der Waals surface area contributed by atoms with Crippen LogP contribution in [0, 0.1) is 0 Å². The van der Waals surface area contributed by atoms with E-state index in [2.05, 4.69) is 14.9 Å². The molecule has 0 amide bonds. The molecular weight excluding hydrogens is 198 g/mol. The average molecular weight is 205 g/mol. The van der Waals surface area contributed by atoms with Crippen LogP contribution in [-0.2, 0) is 0 Å². The Labute approximate surface area is 83.9 Å². The number of aliphatic hydroxyl groups excluding tert-OH is 1. The molecule has 0 unspecified atom stereocenters. The smallest absolute Gasteiger partial charge is 0.153 e. The van der Waals surface area contributed by atoms with Crippen molar-refractivity contribution in [2.75, 3.05) is 6.61 Å². The molecule has 0 aliphatic carbocycles. The van der Waals surface area contributed by atoms with E-state index in [0.29, 0.717) is 28.0 Å². The first-order valence-corrected chi connectivity index (χ1v) is 4.33. The number of hydrogen-bond donors (Lipinski definition) is 2. The molecule has 0 radical (unpaired) electrons. The van der Waals surface area contributed by atoms with E-state index in [1.165, 1.54) is 0 Å². The van der Waals surface area contributed by atoms with Crippen LogP contribution in [0.25, 0.3) is 16.7 Å². The number of ether oxygens (including phenoxy) is 1. The molecule has 2 heterocycles. The molecule has 0 bridgehead atoms. The molecule has 1 aromatic carbocycles. The Hall–Kier alpha value is -2.24. The van der Waals surface area contributed by atoms with Crippen LogP contribution in [-0.4, -0.2) is 22.0 Å². The van der Waals surface area contributed by atoms with E-state index in [-0.39, 0.29) is 12.4 Å². The monoisotopic (exact) mass is 205 g/mol. The van der Waals surface area contributed by atoms with Gasteiger partial charge in [0.1, 0.15) is 23.4 Å². The standard InChI is InChI=1S/C9H7N3O3/c10-9-4-1-5-6(12-15-11-5)2-8(4)14-3-7(9)13/h1-2,13H,3,10H2. The van der Waals surface area contributed by atoms with Gasteiger partial charge in [-0.25, -0.2) is 4.63 Å². The van der Waals surface area contributed by atoms with Crippen LogP contribution in [0.3, 0.4) is 0 Å². The van der Waals surface area contributed by atoms with Crippen molar-refractivity contribution < 1.29 is 14.5 Å². The van der Waals surface area contributed by atoms with Crippen LogP contribution < -0.4 is 10.5 Å². The summed E-state index contributed by atoms with van der Waals surface area (Å²) < 4.78 is 9.86. The number of hydrogen-bond acceptors (Lipinski definition) is 6. The maximum Gasteiger partial charge on any atom is 0.153 e. The summed E-state index contributed by atoms with van der Waals surface area (Å²) in [5.41, 5.74) is 7.82. The highest BCUT2D eigenvalue weighted by Crippen LogP contribution is 2.32. The first-order chi connectivity index (χ1) is 7.25. The highest BCUT2D eigenvalue weighted by Gasteiger charge is 2.19. The minimum absolute atomic E-state index is 0.0262. The zero-order valence-electron chi connectivity index (χ0n) is 7.60. The van der Waals surface area contributed by atoms with Gasteiger partial charge in [-0.3, -0.25) is 0 Å². The molecule has 1 aliphatic rings. The second-order valence-electron chi connectivity index (χ2n) is 3.25. The zero-order valence-corrected chi connectivity index (χ0v) is 7.60. The maximum absolute atomic E-state index is 9.42. The molecule has 2 aromatic rings. The Morgan fingerprint density at radius 2 is 2.00 bits per heavy atom. The summed E-state index contributed by atoms with van der Waals surface area (Å²) in [4.78, 5) is 0. The summed E-state index contributed by atoms with van der Waals surface area (Å²) in [6.07, 6.45) is 0. The topological polar surface area (TPSA) is 94.4 Å². The van der Waals surface area contributed by atoms with Crippen LogP contribution in [0.15, 0.2) is 22.5 Å². The SMILES string of the molecule is NC1=C(O)COc2cc3nonc3cc21. The predicted molar refractivity (Wildman–Crippen MR) is 51.0 cm³/mol. The third-order valence-corrected chi connectivity index (χ3v) is 2.32. The number of fused-ring (bicyclic) bond motifs is 2. The van der Waals surface area contributed by atoms with Gasteiger partial charge in [0.15, 0.2) is 5.76 Å². The normalized spacial score (nSPS) is 15.2. The van der Waals surface area contributed by atoms with Crippen LogP contribution in [0.2, 0.25) is 0 Å². The lowest BCUT2D eigenvalue weighted by Crippen LogP contribution is -2.15. The van der Waals surface area contributed by atoms with E-state index >= 15 is 0 Å². The molecule has 3 N–H and O–H groups in total. The van der Waals surface area contributed by atoms with E-state index in [1.54, 1.807) is 12.1 Å². The van der Waals surface area contributed by atoms with Crippen molar-refractivity contribution in [2.45, 2.75) is 0 Å². The molecule has 1 aromatic heterocycles. The van der Waals surface area contributed by atoms with E-state index in [0.717, 1.165) is 0 Å². The minimum atomic E-state index is 0.0262. The van der Waals surface area contributed by atoms with Crippen molar-refractivity contribution in [1.29, 1.82) is 0 Å². The van der Waals surface area contributed by atoms with Crippen molar-refractivity contribution in [2.24, 2.45) is 5.73 Å². The third kappa shape index (κ3) is 1.04. The van der Waals surface area contributed by atoms with Crippen molar-refractivity contribution in [1.82, 2.24) is 10.3 Å². The second kappa shape index (κ2) is 2.63. The van der Waals surface area contributed by atoms with Gasteiger partial charge in [-0.1, -0.05) is 0 Å². The Morgan fingerprint density at radius 1 is 1.27 bits per heavy atom. The summed E-state index contributed by atoms with van der Waals surface area (Å²) in [7, 11) is 0. The van der Waals surface area contributed by atoms with Gasteiger partial charge in [-0.2, -0.15) is 0 Å². The van der Waals surface area contributed by atoms with Gasteiger partial charge in [-0.15, -0.1) is 0 Å². The maximum atomic E-state index is 9.42. The van der Waals surface area contributed by atoms with Crippen LogP contribution in [0.4, 0.5) is 0 Å². The molecule has 0 saturated heterocycles. The fraction of sp³-hybridized carbons (Fsp3) is 0.111. The molecule has 76 valence electrons. The molecular formula is C9H7N3O3. The Morgan fingerprint density at radius 3 is 2.80 bits per heavy atom. The summed E-state index contributed by atoms with van der Waals surface area (Å²) >= 11 is 0. The van der Waals surface area contributed by atoms with Gasteiger partial charge in [0, 0.05) is 11.6 Å². The summed E-state index contributed by atoms with van der Waals surface area (Å²) in [5.74, 6) is 0.604. The molecule has 0 fully saturated rings. The largest absolute Gasteiger partial charge is 0.507 e. The van der Waals surface area contributed by atoms with Crippen LogP contribution in [0.5, 0.6) is 5.75 Å². The van der Waals surface area contributed by atoms with E-state index in [9.17, 15) is 5.11 Å². The Bertz CT molecular complexity index is 573. The molecule has 0 atom stereocenters. The lowest BCUT2D eigenvalue weighted by atomic mass is 10.1. The van der Waals surface area contributed by atoms with Gasteiger partial charge in [0.2, 0.25) is 0 Å². The number of rotatable bonds is 0. The van der Waals surface area contributed by atoms with E-state index in [4.69, 9.17) is 10.5 Å². The average Bonchev–Trinajstić information content (AvgIpc) is 2.68. The van der Waals surface area contributed by atoms with Crippen LogP contribution in [0.1, 0.15) is 5.56 Å². The lowest BCUT2D eigenvalue weighted by Gasteiger charge is -2.17. The number of aromatic nitrogens is 2. The molecule has 0 saturated carbocycles. The fourth-order valence-corrected chi connectivity index (χ4v) is 1.52. The van der Waals surface area contributed by atoms with E-state index in [1.807, 2.05) is 0 Å². The zero-order chi connectivity index (χ0) is 10.4. The summed E-state index contributed by atoms with van der Waals surface area (Å²) in [6, 6.07) is 3.35. The molecule has 3 rings (SSSR count).